The predicted molar refractivity (Wildman–Crippen MR) is 91.9 cm³/mol. The molecule has 0 radical (unpaired) electrons. The van der Waals surface area contributed by atoms with Gasteiger partial charge >= 0.3 is 0 Å². The van der Waals surface area contributed by atoms with Crippen LogP contribution in [0.3, 0.4) is 0 Å². The highest BCUT2D eigenvalue weighted by Crippen LogP contribution is 2.18. The molecule has 0 aliphatic carbocycles. The Morgan fingerprint density at radius 1 is 1.00 bits per heavy atom. The molecule has 0 aromatic carbocycles. The van der Waals surface area contributed by atoms with Gasteiger partial charge in [-0.3, -0.25) is 4.79 Å². The number of nitrogens with zero attached hydrogens (tertiary/aromatic N) is 5. The lowest BCUT2D eigenvalue weighted by Crippen LogP contribution is -2.49. The van der Waals surface area contributed by atoms with E-state index in [1.54, 1.807) is 23.2 Å². The molecule has 2 aromatic heterocycles. The average molecular weight is 343 g/mol. The van der Waals surface area contributed by atoms with Crippen molar-refractivity contribution >= 4 is 17.7 Å². The van der Waals surface area contributed by atoms with Crippen LogP contribution in [0.2, 0.25) is 0 Å². The van der Waals surface area contributed by atoms with Crippen LogP contribution in [0.1, 0.15) is 10.6 Å². The summed E-state index contributed by atoms with van der Waals surface area (Å²) >= 11 is 0. The second-order valence-corrected chi connectivity index (χ2v) is 6.07. The number of amides is 1. The maximum Gasteiger partial charge on any atom is 0.289 e. The number of morpholine rings is 1. The van der Waals surface area contributed by atoms with E-state index in [0.717, 1.165) is 32.1 Å². The van der Waals surface area contributed by atoms with E-state index < -0.39 is 0 Å². The molecule has 0 spiro atoms. The lowest BCUT2D eigenvalue weighted by atomic mass is 10.3. The molecule has 2 saturated heterocycles. The molecule has 25 heavy (non-hydrogen) atoms. The zero-order valence-corrected chi connectivity index (χ0v) is 14.0. The van der Waals surface area contributed by atoms with Crippen molar-refractivity contribution in [2.45, 2.75) is 0 Å². The highest BCUT2D eigenvalue weighted by molar-refractivity contribution is 5.91. The van der Waals surface area contributed by atoms with Gasteiger partial charge in [0.25, 0.3) is 5.91 Å². The zero-order valence-electron chi connectivity index (χ0n) is 14.0. The molecule has 0 N–H and O–H groups in total. The molecular formula is C17H21N5O3. The minimum absolute atomic E-state index is 0.0624. The van der Waals surface area contributed by atoms with Gasteiger partial charge in [0.1, 0.15) is 5.82 Å². The highest BCUT2D eigenvalue weighted by atomic mass is 16.5. The van der Waals surface area contributed by atoms with Crippen LogP contribution < -0.4 is 9.80 Å². The van der Waals surface area contributed by atoms with Crippen molar-refractivity contribution in [3.8, 4) is 0 Å². The van der Waals surface area contributed by atoms with Crippen molar-refractivity contribution in [1.29, 1.82) is 0 Å². The molecule has 0 atom stereocenters. The summed E-state index contributed by atoms with van der Waals surface area (Å²) < 4.78 is 10.6. The van der Waals surface area contributed by atoms with Gasteiger partial charge in [0, 0.05) is 45.5 Å². The monoisotopic (exact) mass is 343 g/mol. The number of piperazine rings is 1. The quantitative estimate of drug-likeness (QED) is 0.818. The van der Waals surface area contributed by atoms with E-state index in [1.807, 2.05) is 6.07 Å². The van der Waals surface area contributed by atoms with Gasteiger partial charge in [0.2, 0.25) is 5.95 Å². The predicted octanol–water partition coefficient (Wildman–Crippen LogP) is 0.869. The third kappa shape index (κ3) is 3.43. The van der Waals surface area contributed by atoms with Gasteiger partial charge in [-0.25, -0.2) is 4.98 Å². The molecule has 1 amide bonds. The summed E-state index contributed by atoms with van der Waals surface area (Å²) in [5, 5.41) is 0. The summed E-state index contributed by atoms with van der Waals surface area (Å²) in [4.78, 5) is 27.6. The van der Waals surface area contributed by atoms with Crippen molar-refractivity contribution in [2.24, 2.45) is 0 Å². The van der Waals surface area contributed by atoms with Gasteiger partial charge in [0.05, 0.1) is 19.5 Å². The number of carbonyl (C=O) groups excluding carboxylic acids is 1. The first-order valence-corrected chi connectivity index (χ1v) is 8.55. The van der Waals surface area contributed by atoms with Crippen LogP contribution in [0, 0.1) is 0 Å². The zero-order chi connectivity index (χ0) is 17.1. The third-order valence-corrected chi connectivity index (χ3v) is 4.54. The molecular weight excluding hydrogens is 322 g/mol. The van der Waals surface area contributed by atoms with Gasteiger partial charge in [-0.2, -0.15) is 4.98 Å². The number of hydrogen-bond donors (Lipinski definition) is 0. The smallest absolute Gasteiger partial charge is 0.289 e. The van der Waals surface area contributed by atoms with E-state index in [4.69, 9.17) is 14.1 Å². The molecule has 132 valence electrons. The standard InChI is InChI=1S/C17H21N5O3/c23-16(14-2-1-11-25-14)21-5-7-22(8-6-21)17-18-4-3-15(19-17)20-9-12-24-13-10-20/h1-4,11H,5-10,12-13H2. The summed E-state index contributed by atoms with van der Waals surface area (Å²) in [7, 11) is 0. The van der Waals surface area contributed by atoms with Gasteiger partial charge in [-0.1, -0.05) is 0 Å². The Balaban J connectivity index is 1.40. The fourth-order valence-electron chi connectivity index (χ4n) is 3.13. The first-order valence-electron chi connectivity index (χ1n) is 8.55. The molecule has 4 heterocycles. The van der Waals surface area contributed by atoms with Crippen molar-refractivity contribution in [3.63, 3.8) is 0 Å². The highest BCUT2D eigenvalue weighted by Gasteiger charge is 2.25. The maximum absolute atomic E-state index is 12.3. The molecule has 0 saturated carbocycles. The first-order chi connectivity index (χ1) is 12.3. The van der Waals surface area contributed by atoms with Crippen LogP contribution in [0.4, 0.5) is 11.8 Å². The Hall–Kier alpha value is -2.61. The average Bonchev–Trinajstić information content (AvgIpc) is 3.23. The summed E-state index contributed by atoms with van der Waals surface area (Å²) in [6, 6.07) is 5.36. The number of carbonyl (C=O) groups is 1. The van der Waals surface area contributed by atoms with Gasteiger partial charge in [-0.05, 0) is 18.2 Å². The Labute approximate surface area is 146 Å². The summed E-state index contributed by atoms with van der Waals surface area (Å²) in [5.74, 6) is 1.98. The van der Waals surface area contributed by atoms with E-state index in [1.165, 1.54) is 6.26 Å². The largest absolute Gasteiger partial charge is 0.459 e. The maximum atomic E-state index is 12.3. The Bertz CT molecular complexity index is 707. The van der Waals surface area contributed by atoms with Crippen LogP contribution >= 0.6 is 0 Å². The second-order valence-electron chi connectivity index (χ2n) is 6.07. The number of aromatic nitrogens is 2. The van der Waals surface area contributed by atoms with Crippen molar-refractivity contribution in [2.75, 3.05) is 62.3 Å². The van der Waals surface area contributed by atoms with E-state index >= 15 is 0 Å². The van der Waals surface area contributed by atoms with Gasteiger partial charge < -0.3 is 23.9 Å². The summed E-state index contributed by atoms with van der Waals surface area (Å²) in [5.41, 5.74) is 0. The lowest BCUT2D eigenvalue weighted by molar-refractivity contribution is 0.0714. The summed E-state index contributed by atoms with van der Waals surface area (Å²) in [6.45, 7) is 5.83. The number of hydrogen-bond acceptors (Lipinski definition) is 7. The fraction of sp³-hybridized carbons (Fsp3) is 0.471. The molecule has 0 bridgehead atoms. The number of furan rings is 1. The van der Waals surface area contributed by atoms with Crippen LogP contribution in [0.5, 0.6) is 0 Å². The Morgan fingerprint density at radius 3 is 2.52 bits per heavy atom. The number of ether oxygens (including phenoxy) is 1. The van der Waals surface area contributed by atoms with E-state index in [2.05, 4.69) is 14.8 Å². The van der Waals surface area contributed by atoms with Crippen molar-refractivity contribution < 1.29 is 13.9 Å². The number of rotatable bonds is 3. The Morgan fingerprint density at radius 2 is 1.80 bits per heavy atom. The fourth-order valence-corrected chi connectivity index (χ4v) is 3.13. The van der Waals surface area contributed by atoms with E-state index in [9.17, 15) is 4.79 Å². The molecule has 8 nitrogen and oxygen atoms in total. The molecule has 4 rings (SSSR count). The molecule has 8 heteroatoms. The molecule has 0 unspecified atom stereocenters. The minimum atomic E-state index is -0.0624. The van der Waals surface area contributed by atoms with Crippen LogP contribution in [0.15, 0.2) is 35.1 Å². The Kier molecular flexibility index (Phi) is 4.51. The second kappa shape index (κ2) is 7.10. The van der Waals surface area contributed by atoms with Gasteiger partial charge in [-0.15, -0.1) is 0 Å². The minimum Gasteiger partial charge on any atom is -0.459 e. The SMILES string of the molecule is O=C(c1ccco1)N1CCN(c2nccc(N3CCOCC3)n2)CC1. The number of anilines is 2. The van der Waals surface area contributed by atoms with Crippen LogP contribution in [-0.4, -0.2) is 73.3 Å². The van der Waals surface area contributed by atoms with Crippen LogP contribution in [-0.2, 0) is 4.74 Å². The topological polar surface area (TPSA) is 74.9 Å². The van der Waals surface area contributed by atoms with Crippen LogP contribution in [0.25, 0.3) is 0 Å². The van der Waals surface area contributed by atoms with Gasteiger partial charge in [0.15, 0.2) is 5.76 Å². The summed E-state index contributed by atoms with van der Waals surface area (Å²) in [6.07, 6.45) is 3.32. The normalized spacial score (nSPS) is 18.5. The lowest BCUT2D eigenvalue weighted by Gasteiger charge is -2.35. The molecule has 2 aliphatic heterocycles. The molecule has 2 aromatic rings. The molecule has 2 aliphatic rings. The first kappa shape index (κ1) is 15.9. The van der Waals surface area contributed by atoms with E-state index in [0.29, 0.717) is 37.9 Å². The van der Waals surface area contributed by atoms with Crippen molar-refractivity contribution in [3.05, 3.63) is 36.4 Å². The van der Waals surface area contributed by atoms with Crippen molar-refractivity contribution in [1.82, 2.24) is 14.9 Å². The molecule has 2 fully saturated rings. The third-order valence-electron chi connectivity index (χ3n) is 4.54. The van der Waals surface area contributed by atoms with E-state index in [-0.39, 0.29) is 5.91 Å².